The Labute approximate surface area is 93.1 Å². The largest absolute Gasteiger partial charge is 0.387 e. The SMILES string of the molecule is Cl.NCC(O)c1ccc(Cl)cc1Cl. The van der Waals surface area contributed by atoms with Crippen LogP contribution in [0.5, 0.6) is 0 Å². The smallest absolute Gasteiger partial charge is 0.0926 e. The van der Waals surface area contributed by atoms with Gasteiger partial charge in [0.25, 0.3) is 0 Å². The molecule has 1 aromatic carbocycles. The zero-order chi connectivity index (χ0) is 9.14. The lowest BCUT2D eigenvalue weighted by Crippen LogP contribution is -2.11. The van der Waals surface area contributed by atoms with Gasteiger partial charge in [0.2, 0.25) is 0 Å². The van der Waals surface area contributed by atoms with E-state index < -0.39 is 6.10 Å². The number of nitrogens with two attached hydrogens (primary N) is 1. The Bertz CT molecular complexity index is 280. The van der Waals surface area contributed by atoms with Crippen molar-refractivity contribution in [3.8, 4) is 0 Å². The summed E-state index contributed by atoms with van der Waals surface area (Å²) in [6.07, 6.45) is -0.713. The quantitative estimate of drug-likeness (QED) is 0.837. The molecule has 1 rings (SSSR count). The molecule has 0 bridgehead atoms. The van der Waals surface area contributed by atoms with Gasteiger partial charge >= 0.3 is 0 Å². The van der Waals surface area contributed by atoms with Gasteiger partial charge in [0.1, 0.15) is 0 Å². The summed E-state index contributed by atoms with van der Waals surface area (Å²) in [5.74, 6) is 0. The molecule has 0 radical (unpaired) electrons. The van der Waals surface area contributed by atoms with E-state index in [-0.39, 0.29) is 19.0 Å². The Kier molecular flexibility index (Phi) is 5.68. The van der Waals surface area contributed by atoms with Crippen molar-refractivity contribution in [3.05, 3.63) is 33.8 Å². The lowest BCUT2D eigenvalue weighted by Gasteiger charge is -2.09. The van der Waals surface area contributed by atoms with Crippen LogP contribution in [0, 0.1) is 0 Å². The molecule has 0 aromatic heterocycles. The number of hydrogen-bond donors (Lipinski definition) is 2. The van der Waals surface area contributed by atoms with Crippen molar-refractivity contribution >= 4 is 35.6 Å². The number of benzene rings is 1. The predicted molar refractivity (Wildman–Crippen MR) is 57.7 cm³/mol. The molecule has 0 aliphatic rings. The van der Waals surface area contributed by atoms with Crippen molar-refractivity contribution in [2.24, 2.45) is 5.73 Å². The van der Waals surface area contributed by atoms with Crippen LogP contribution in [0.4, 0.5) is 0 Å². The first-order valence-corrected chi connectivity index (χ1v) is 4.24. The maximum absolute atomic E-state index is 9.35. The van der Waals surface area contributed by atoms with E-state index in [9.17, 15) is 5.11 Å². The number of aliphatic hydroxyl groups is 1. The number of rotatable bonds is 2. The van der Waals surface area contributed by atoms with Gasteiger partial charge in [0.05, 0.1) is 6.10 Å². The van der Waals surface area contributed by atoms with Crippen molar-refractivity contribution in [1.82, 2.24) is 0 Å². The molecule has 74 valence electrons. The van der Waals surface area contributed by atoms with Gasteiger partial charge in [-0.05, 0) is 12.1 Å². The summed E-state index contributed by atoms with van der Waals surface area (Å²) >= 11 is 11.5. The Morgan fingerprint density at radius 3 is 2.46 bits per heavy atom. The number of halogens is 3. The highest BCUT2D eigenvalue weighted by Crippen LogP contribution is 2.25. The molecule has 5 heteroatoms. The summed E-state index contributed by atoms with van der Waals surface area (Å²) < 4.78 is 0. The van der Waals surface area contributed by atoms with E-state index in [0.717, 1.165) is 0 Å². The Morgan fingerprint density at radius 2 is 2.00 bits per heavy atom. The fourth-order valence-electron chi connectivity index (χ4n) is 0.899. The second-order valence-electron chi connectivity index (χ2n) is 2.42. The molecule has 0 fully saturated rings. The molecule has 1 atom stereocenters. The molecule has 0 aliphatic carbocycles. The topological polar surface area (TPSA) is 46.2 Å². The predicted octanol–water partition coefficient (Wildman–Crippen LogP) is 2.41. The molecule has 0 saturated heterocycles. The van der Waals surface area contributed by atoms with Gasteiger partial charge in [-0.2, -0.15) is 0 Å². The van der Waals surface area contributed by atoms with E-state index in [0.29, 0.717) is 15.6 Å². The van der Waals surface area contributed by atoms with Crippen LogP contribution in [0.25, 0.3) is 0 Å². The second-order valence-corrected chi connectivity index (χ2v) is 3.26. The fraction of sp³-hybridized carbons (Fsp3) is 0.250. The van der Waals surface area contributed by atoms with Gasteiger partial charge < -0.3 is 10.8 Å². The highest BCUT2D eigenvalue weighted by atomic mass is 35.5. The minimum Gasteiger partial charge on any atom is -0.387 e. The minimum atomic E-state index is -0.713. The highest BCUT2D eigenvalue weighted by Gasteiger charge is 2.09. The first-order chi connectivity index (χ1) is 5.65. The van der Waals surface area contributed by atoms with Gasteiger partial charge in [-0.25, -0.2) is 0 Å². The molecule has 0 spiro atoms. The Morgan fingerprint density at radius 1 is 1.38 bits per heavy atom. The zero-order valence-electron chi connectivity index (χ0n) is 6.71. The van der Waals surface area contributed by atoms with Crippen molar-refractivity contribution < 1.29 is 5.11 Å². The molecule has 0 aliphatic heterocycles. The van der Waals surface area contributed by atoms with Crippen LogP contribution in [-0.2, 0) is 0 Å². The third-order valence-electron chi connectivity index (χ3n) is 1.54. The van der Waals surface area contributed by atoms with E-state index >= 15 is 0 Å². The van der Waals surface area contributed by atoms with E-state index in [2.05, 4.69) is 0 Å². The fourth-order valence-corrected chi connectivity index (χ4v) is 1.43. The second kappa shape index (κ2) is 5.68. The summed E-state index contributed by atoms with van der Waals surface area (Å²) in [5, 5.41) is 10.3. The molecule has 0 amide bonds. The minimum absolute atomic E-state index is 0. The standard InChI is InChI=1S/C8H9Cl2NO.ClH/c9-5-1-2-6(7(10)3-5)8(12)4-11;/h1-3,8,12H,4,11H2;1H. The van der Waals surface area contributed by atoms with Gasteiger partial charge in [-0.1, -0.05) is 29.3 Å². The van der Waals surface area contributed by atoms with E-state index in [1.54, 1.807) is 18.2 Å². The van der Waals surface area contributed by atoms with Crippen LogP contribution >= 0.6 is 35.6 Å². The van der Waals surface area contributed by atoms with Crippen molar-refractivity contribution in [3.63, 3.8) is 0 Å². The van der Waals surface area contributed by atoms with E-state index in [1.807, 2.05) is 0 Å². The summed E-state index contributed by atoms with van der Waals surface area (Å²) in [7, 11) is 0. The molecule has 0 saturated carbocycles. The maximum Gasteiger partial charge on any atom is 0.0926 e. The first-order valence-electron chi connectivity index (χ1n) is 3.48. The molecule has 1 aromatic rings. The van der Waals surface area contributed by atoms with Crippen LogP contribution < -0.4 is 5.73 Å². The lowest BCUT2D eigenvalue weighted by atomic mass is 10.1. The van der Waals surface area contributed by atoms with E-state index in [1.165, 1.54) is 0 Å². The molecule has 2 nitrogen and oxygen atoms in total. The summed E-state index contributed by atoms with van der Waals surface area (Å²) in [6.45, 7) is 0.154. The van der Waals surface area contributed by atoms with Gasteiger partial charge in [0, 0.05) is 22.2 Å². The molecular formula is C8H10Cl3NO. The molecular weight excluding hydrogens is 232 g/mol. The first kappa shape index (κ1) is 13.0. The van der Waals surface area contributed by atoms with Gasteiger partial charge in [0.15, 0.2) is 0 Å². The molecule has 1 unspecified atom stereocenters. The van der Waals surface area contributed by atoms with Crippen LogP contribution in [0.2, 0.25) is 10.0 Å². The van der Waals surface area contributed by atoms with Crippen molar-refractivity contribution in [2.75, 3.05) is 6.54 Å². The van der Waals surface area contributed by atoms with Crippen molar-refractivity contribution in [2.45, 2.75) is 6.10 Å². The summed E-state index contributed by atoms with van der Waals surface area (Å²) in [6, 6.07) is 4.92. The highest BCUT2D eigenvalue weighted by molar-refractivity contribution is 6.35. The average molecular weight is 243 g/mol. The third kappa shape index (κ3) is 3.33. The molecule has 13 heavy (non-hydrogen) atoms. The normalized spacial score (nSPS) is 12.0. The van der Waals surface area contributed by atoms with Crippen LogP contribution in [0.15, 0.2) is 18.2 Å². The van der Waals surface area contributed by atoms with Crippen LogP contribution in [0.3, 0.4) is 0 Å². The third-order valence-corrected chi connectivity index (χ3v) is 2.11. The maximum atomic E-state index is 9.35. The van der Waals surface area contributed by atoms with Crippen LogP contribution in [0.1, 0.15) is 11.7 Å². The van der Waals surface area contributed by atoms with E-state index in [4.69, 9.17) is 28.9 Å². The lowest BCUT2D eigenvalue weighted by molar-refractivity contribution is 0.187. The van der Waals surface area contributed by atoms with Crippen LogP contribution in [-0.4, -0.2) is 11.7 Å². The van der Waals surface area contributed by atoms with Crippen molar-refractivity contribution in [1.29, 1.82) is 0 Å². The van der Waals surface area contributed by atoms with Gasteiger partial charge in [-0.3, -0.25) is 0 Å². The zero-order valence-corrected chi connectivity index (χ0v) is 9.03. The monoisotopic (exact) mass is 241 g/mol. The van der Waals surface area contributed by atoms with Gasteiger partial charge in [-0.15, -0.1) is 12.4 Å². The Balaban J connectivity index is 0.00000144. The molecule has 0 heterocycles. The summed E-state index contributed by atoms with van der Waals surface area (Å²) in [5.41, 5.74) is 5.88. The molecule has 3 N–H and O–H groups in total. The number of aliphatic hydroxyl groups excluding tert-OH is 1. The number of hydrogen-bond acceptors (Lipinski definition) is 2. The Hall–Kier alpha value is 0.01000. The summed E-state index contributed by atoms with van der Waals surface area (Å²) in [4.78, 5) is 0. The average Bonchev–Trinajstić information content (AvgIpc) is 2.03.